The Morgan fingerprint density at radius 2 is 1.73 bits per heavy atom. The van der Waals surface area contributed by atoms with E-state index in [0.717, 1.165) is 24.6 Å². The zero-order valence-electron chi connectivity index (χ0n) is 13.1. The molecule has 2 N–H and O–H groups in total. The monoisotopic (exact) mass is 325 g/mol. The molecule has 0 amide bonds. The van der Waals surface area contributed by atoms with Gasteiger partial charge in [0.15, 0.2) is 5.96 Å². The second-order valence-electron chi connectivity index (χ2n) is 4.74. The van der Waals surface area contributed by atoms with Gasteiger partial charge in [0.1, 0.15) is 23.9 Å². The SMILES string of the molecule is COc1cc(OC)cc(OCCN=C(N)N2CCSCC2)c1. The van der Waals surface area contributed by atoms with E-state index in [2.05, 4.69) is 9.89 Å². The van der Waals surface area contributed by atoms with Gasteiger partial charge in [-0.25, -0.2) is 4.99 Å². The molecule has 0 bridgehead atoms. The lowest BCUT2D eigenvalue weighted by Crippen LogP contribution is -2.42. The lowest BCUT2D eigenvalue weighted by atomic mass is 10.3. The molecule has 1 aromatic carbocycles. The number of nitrogens with two attached hydrogens (primary N) is 1. The van der Waals surface area contributed by atoms with Gasteiger partial charge in [-0.2, -0.15) is 11.8 Å². The fraction of sp³-hybridized carbons (Fsp3) is 0.533. The highest BCUT2D eigenvalue weighted by atomic mass is 32.2. The largest absolute Gasteiger partial charge is 0.496 e. The highest BCUT2D eigenvalue weighted by Crippen LogP contribution is 2.27. The number of methoxy groups -OCH3 is 2. The van der Waals surface area contributed by atoms with Crippen molar-refractivity contribution in [2.24, 2.45) is 10.7 Å². The summed E-state index contributed by atoms with van der Waals surface area (Å²) in [5.41, 5.74) is 5.99. The maximum atomic E-state index is 5.99. The summed E-state index contributed by atoms with van der Waals surface area (Å²) in [5.74, 6) is 4.91. The van der Waals surface area contributed by atoms with Crippen molar-refractivity contribution in [3.63, 3.8) is 0 Å². The minimum Gasteiger partial charge on any atom is -0.496 e. The summed E-state index contributed by atoms with van der Waals surface area (Å²) in [5, 5.41) is 0. The van der Waals surface area contributed by atoms with Crippen LogP contribution in [0.1, 0.15) is 0 Å². The van der Waals surface area contributed by atoms with E-state index in [-0.39, 0.29) is 0 Å². The van der Waals surface area contributed by atoms with Crippen LogP contribution in [0.5, 0.6) is 17.2 Å². The van der Waals surface area contributed by atoms with Crippen LogP contribution in [0.4, 0.5) is 0 Å². The van der Waals surface area contributed by atoms with Gasteiger partial charge in [0.2, 0.25) is 0 Å². The first-order valence-electron chi connectivity index (χ1n) is 7.21. The molecule has 22 heavy (non-hydrogen) atoms. The van der Waals surface area contributed by atoms with Gasteiger partial charge in [-0.05, 0) is 0 Å². The van der Waals surface area contributed by atoms with E-state index in [1.165, 1.54) is 0 Å². The third-order valence-corrected chi connectivity index (χ3v) is 4.24. The number of hydrogen-bond donors (Lipinski definition) is 1. The topological polar surface area (TPSA) is 69.3 Å². The summed E-state index contributed by atoms with van der Waals surface area (Å²) in [4.78, 5) is 6.49. The number of nitrogens with zero attached hydrogens (tertiary/aromatic N) is 2. The van der Waals surface area contributed by atoms with Gasteiger partial charge >= 0.3 is 0 Å². The summed E-state index contributed by atoms with van der Waals surface area (Å²) in [6.45, 7) is 2.91. The minimum atomic E-state index is 0.458. The molecule has 1 fully saturated rings. The molecular weight excluding hydrogens is 302 g/mol. The van der Waals surface area contributed by atoms with Crippen LogP contribution in [0, 0.1) is 0 Å². The van der Waals surface area contributed by atoms with Gasteiger partial charge in [0.05, 0.1) is 20.8 Å². The second kappa shape index (κ2) is 8.63. The van der Waals surface area contributed by atoms with Crippen molar-refractivity contribution in [3.8, 4) is 17.2 Å². The first-order chi connectivity index (χ1) is 10.7. The Bertz CT molecular complexity index is 483. The first-order valence-corrected chi connectivity index (χ1v) is 8.37. The van der Waals surface area contributed by atoms with Crippen molar-refractivity contribution >= 4 is 17.7 Å². The van der Waals surface area contributed by atoms with E-state index in [1.807, 2.05) is 23.9 Å². The molecule has 0 radical (unpaired) electrons. The van der Waals surface area contributed by atoms with Gasteiger partial charge in [-0.3, -0.25) is 0 Å². The summed E-state index contributed by atoms with van der Waals surface area (Å²) in [6.07, 6.45) is 0. The fourth-order valence-corrected chi connectivity index (χ4v) is 2.98. The molecular formula is C15H23N3O3S. The van der Waals surface area contributed by atoms with E-state index < -0.39 is 0 Å². The van der Waals surface area contributed by atoms with E-state index in [1.54, 1.807) is 20.3 Å². The Morgan fingerprint density at radius 3 is 2.32 bits per heavy atom. The molecule has 6 nitrogen and oxygen atoms in total. The second-order valence-corrected chi connectivity index (χ2v) is 5.96. The first kappa shape index (κ1) is 16.6. The highest BCUT2D eigenvalue weighted by molar-refractivity contribution is 7.99. The summed E-state index contributed by atoms with van der Waals surface area (Å²) < 4.78 is 16.1. The number of benzene rings is 1. The van der Waals surface area contributed by atoms with Gasteiger partial charge in [0.25, 0.3) is 0 Å². The predicted octanol–water partition coefficient (Wildman–Crippen LogP) is 1.45. The molecule has 1 aromatic rings. The summed E-state index contributed by atoms with van der Waals surface area (Å²) in [6, 6.07) is 5.44. The molecule has 1 aliphatic heterocycles. The standard InChI is InChI=1S/C15H23N3O3S/c1-19-12-9-13(20-2)11-14(10-12)21-6-3-17-15(16)18-4-7-22-8-5-18/h9-11H,3-8H2,1-2H3,(H2,16,17). The van der Waals surface area contributed by atoms with E-state index in [4.69, 9.17) is 19.9 Å². The summed E-state index contributed by atoms with van der Waals surface area (Å²) in [7, 11) is 3.22. The molecule has 0 spiro atoms. The minimum absolute atomic E-state index is 0.458. The molecule has 0 aromatic heterocycles. The third kappa shape index (κ3) is 4.91. The number of hydrogen-bond acceptors (Lipinski definition) is 5. The van der Waals surface area contributed by atoms with E-state index >= 15 is 0 Å². The number of aliphatic imine (C=N–C) groups is 1. The van der Waals surface area contributed by atoms with Crippen LogP contribution < -0.4 is 19.9 Å². The Morgan fingerprint density at radius 1 is 1.14 bits per heavy atom. The number of guanidine groups is 1. The Kier molecular flexibility index (Phi) is 6.51. The molecule has 0 atom stereocenters. The van der Waals surface area contributed by atoms with Crippen LogP contribution in [0.15, 0.2) is 23.2 Å². The van der Waals surface area contributed by atoms with Crippen LogP contribution in [0.25, 0.3) is 0 Å². The highest BCUT2D eigenvalue weighted by Gasteiger charge is 2.11. The maximum Gasteiger partial charge on any atom is 0.191 e. The molecule has 7 heteroatoms. The molecule has 0 saturated carbocycles. The van der Waals surface area contributed by atoms with Crippen molar-refractivity contribution in [1.29, 1.82) is 0 Å². The summed E-state index contributed by atoms with van der Waals surface area (Å²) >= 11 is 1.95. The predicted molar refractivity (Wildman–Crippen MR) is 90.4 cm³/mol. The van der Waals surface area contributed by atoms with Crippen molar-refractivity contribution in [3.05, 3.63) is 18.2 Å². The molecule has 122 valence electrons. The van der Waals surface area contributed by atoms with Crippen molar-refractivity contribution in [1.82, 2.24) is 4.90 Å². The number of ether oxygens (including phenoxy) is 3. The molecule has 0 unspecified atom stereocenters. The van der Waals surface area contributed by atoms with Crippen LogP contribution in [-0.4, -0.2) is 62.8 Å². The van der Waals surface area contributed by atoms with Crippen molar-refractivity contribution in [2.45, 2.75) is 0 Å². The Labute approximate surface area is 135 Å². The van der Waals surface area contributed by atoms with Gasteiger partial charge in [-0.15, -0.1) is 0 Å². The third-order valence-electron chi connectivity index (χ3n) is 3.29. The van der Waals surface area contributed by atoms with E-state index in [9.17, 15) is 0 Å². The molecule has 1 aliphatic rings. The molecule has 1 heterocycles. The zero-order valence-corrected chi connectivity index (χ0v) is 13.9. The number of rotatable bonds is 6. The van der Waals surface area contributed by atoms with Crippen LogP contribution in [-0.2, 0) is 0 Å². The number of thioether (sulfide) groups is 1. The Balaban J connectivity index is 1.82. The van der Waals surface area contributed by atoms with Gasteiger partial charge < -0.3 is 24.8 Å². The average Bonchev–Trinajstić information content (AvgIpc) is 2.58. The van der Waals surface area contributed by atoms with Gasteiger partial charge in [0, 0.05) is 42.8 Å². The normalized spacial score (nSPS) is 15.5. The van der Waals surface area contributed by atoms with Crippen LogP contribution in [0.2, 0.25) is 0 Å². The smallest absolute Gasteiger partial charge is 0.191 e. The molecule has 0 aliphatic carbocycles. The lowest BCUT2D eigenvalue weighted by molar-refractivity contribution is 0.320. The molecule has 2 rings (SSSR count). The van der Waals surface area contributed by atoms with Crippen molar-refractivity contribution < 1.29 is 14.2 Å². The fourth-order valence-electron chi connectivity index (χ4n) is 2.08. The molecule has 1 saturated heterocycles. The van der Waals surface area contributed by atoms with Crippen LogP contribution in [0.3, 0.4) is 0 Å². The van der Waals surface area contributed by atoms with E-state index in [0.29, 0.717) is 36.4 Å². The zero-order chi connectivity index (χ0) is 15.8. The quantitative estimate of drug-likeness (QED) is 0.485. The average molecular weight is 325 g/mol. The van der Waals surface area contributed by atoms with Gasteiger partial charge in [-0.1, -0.05) is 0 Å². The Hall–Kier alpha value is -1.76. The van der Waals surface area contributed by atoms with Crippen LogP contribution >= 0.6 is 11.8 Å². The maximum absolute atomic E-state index is 5.99. The lowest BCUT2D eigenvalue weighted by Gasteiger charge is -2.27. The van der Waals surface area contributed by atoms with Crippen molar-refractivity contribution in [2.75, 3.05) is 52.0 Å².